The lowest BCUT2D eigenvalue weighted by Gasteiger charge is -1.96. The Morgan fingerprint density at radius 3 is 2.62 bits per heavy atom. The predicted molar refractivity (Wildman–Crippen MR) is 78.8 cm³/mol. The molecular weight excluding hydrogens is 336 g/mol. The largest absolute Gasteiger partial charge is 0.478 e. The lowest BCUT2D eigenvalue weighted by atomic mass is 10.1. The number of fused-ring (bicyclic) bond motifs is 1. The molecule has 5 nitrogen and oxygen atoms in total. The highest BCUT2D eigenvalue weighted by molar-refractivity contribution is 9.10. The summed E-state index contributed by atoms with van der Waals surface area (Å²) in [6.07, 6.45) is 0. The fourth-order valence-corrected chi connectivity index (χ4v) is 2.24. The van der Waals surface area contributed by atoms with Gasteiger partial charge >= 0.3 is 5.97 Å². The van der Waals surface area contributed by atoms with Gasteiger partial charge in [-0.1, -0.05) is 15.9 Å². The van der Waals surface area contributed by atoms with Gasteiger partial charge in [0.05, 0.1) is 11.6 Å². The maximum Gasteiger partial charge on any atom is 0.339 e. The van der Waals surface area contributed by atoms with Gasteiger partial charge in [-0.05, 0) is 36.4 Å². The van der Waals surface area contributed by atoms with E-state index in [0.717, 1.165) is 10.0 Å². The smallest absolute Gasteiger partial charge is 0.339 e. The lowest BCUT2D eigenvalue weighted by Crippen LogP contribution is -1.97. The molecular formula is C15H7BrN2O3. The van der Waals surface area contributed by atoms with Crippen molar-refractivity contribution in [2.45, 2.75) is 0 Å². The molecule has 3 rings (SSSR count). The quantitative estimate of drug-likeness (QED) is 0.764. The summed E-state index contributed by atoms with van der Waals surface area (Å²) >= 11 is 3.34. The molecule has 0 spiro atoms. The predicted octanol–water partition coefficient (Wildman–Crippen LogP) is 3.83. The Labute approximate surface area is 127 Å². The molecule has 1 heterocycles. The van der Waals surface area contributed by atoms with E-state index in [-0.39, 0.29) is 16.7 Å². The minimum Gasteiger partial charge on any atom is -0.478 e. The average Bonchev–Trinajstić information content (AvgIpc) is 2.90. The zero-order valence-electron chi connectivity index (χ0n) is 10.5. The van der Waals surface area contributed by atoms with E-state index in [9.17, 15) is 9.90 Å². The van der Waals surface area contributed by atoms with Crippen molar-refractivity contribution >= 4 is 33.0 Å². The van der Waals surface area contributed by atoms with E-state index >= 15 is 0 Å². The van der Waals surface area contributed by atoms with Gasteiger partial charge in [-0.3, -0.25) is 0 Å². The van der Waals surface area contributed by atoms with E-state index in [4.69, 9.17) is 9.68 Å². The van der Waals surface area contributed by atoms with Crippen LogP contribution in [0.4, 0.5) is 0 Å². The summed E-state index contributed by atoms with van der Waals surface area (Å²) in [5, 5.41) is 18.2. The molecule has 0 atom stereocenters. The number of halogens is 1. The first-order valence-electron chi connectivity index (χ1n) is 5.92. The zero-order valence-corrected chi connectivity index (χ0v) is 12.1. The molecule has 1 N–H and O–H groups in total. The van der Waals surface area contributed by atoms with Gasteiger partial charge in [-0.25, -0.2) is 9.78 Å². The first-order valence-corrected chi connectivity index (χ1v) is 6.71. The maximum atomic E-state index is 11.3. The molecule has 3 aromatic rings. The summed E-state index contributed by atoms with van der Waals surface area (Å²) in [6.45, 7) is 0. The van der Waals surface area contributed by atoms with Gasteiger partial charge in [-0.15, -0.1) is 0 Å². The van der Waals surface area contributed by atoms with Gasteiger partial charge in [0.15, 0.2) is 5.58 Å². The number of carbonyl (C=O) groups is 1. The zero-order chi connectivity index (χ0) is 15.0. The van der Waals surface area contributed by atoms with Crippen LogP contribution in [0.1, 0.15) is 15.9 Å². The van der Waals surface area contributed by atoms with Gasteiger partial charge in [0, 0.05) is 10.0 Å². The molecule has 21 heavy (non-hydrogen) atoms. The van der Waals surface area contributed by atoms with Crippen LogP contribution in [0, 0.1) is 11.3 Å². The second-order valence-corrected chi connectivity index (χ2v) is 5.23. The Balaban J connectivity index is 2.24. The second-order valence-electron chi connectivity index (χ2n) is 4.31. The van der Waals surface area contributed by atoms with E-state index in [0.29, 0.717) is 11.4 Å². The van der Waals surface area contributed by atoms with Crippen LogP contribution in [0.3, 0.4) is 0 Å². The number of hydrogen-bond donors (Lipinski definition) is 1. The Kier molecular flexibility index (Phi) is 3.20. The molecule has 0 aliphatic rings. The van der Waals surface area contributed by atoms with E-state index in [1.807, 2.05) is 18.2 Å². The summed E-state index contributed by atoms with van der Waals surface area (Å²) in [5.41, 5.74) is 1.41. The molecule has 1 aromatic heterocycles. The molecule has 0 bridgehead atoms. The number of aromatic nitrogens is 1. The Bertz CT molecular complexity index is 892. The van der Waals surface area contributed by atoms with Gasteiger partial charge < -0.3 is 9.52 Å². The standard InChI is InChI=1S/C15H7BrN2O3/c16-10-3-1-9(2-4-10)14-18-12-6-8(7-17)5-11(15(19)20)13(12)21-14/h1-6H,(H,19,20). The average molecular weight is 343 g/mol. The summed E-state index contributed by atoms with van der Waals surface area (Å²) in [4.78, 5) is 15.5. The van der Waals surface area contributed by atoms with Crippen LogP contribution in [0.25, 0.3) is 22.6 Å². The van der Waals surface area contributed by atoms with Gasteiger partial charge in [0.2, 0.25) is 5.89 Å². The van der Waals surface area contributed by atoms with Crippen LogP contribution in [0.5, 0.6) is 0 Å². The number of oxazole rings is 1. The van der Waals surface area contributed by atoms with E-state index in [2.05, 4.69) is 20.9 Å². The fourth-order valence-electron chi connectivity index (χ4n) is 1.97. The van der Waals surface area contributed by atoms with Gasteiger partial charge in [0.1, 0.15) is 11.1 Å². The van der Waals surface area contributed by atoms with E-state index in [1.54, 1.807) is 12.1 Å². The van der Waals surface area contributed by atoms with Gasteiger partial charge in [0.25, 0.3) is 0 Å². The molecule has 6 heteroatoms. The van der Waals surface area contributed by atoms with Crippen LogP contribution >= 0.6 is 15.9 Å². The molecule has 0 saturated heterocycles. The Morgan fingerprint density at radius 1 is 1.29 bits per heavy atom. The van der Waals surface area contributed by atoms with Crippen LogP contribution in [0.2, 0.25) is 0 Å². The molecule has 102 valence electrons. The van der Waals surface area contributed by atoms with Crippen LogP contribution in [-0.2, 0) is 0 Å². The van der Waals surface area contributed by atoms with E-state index in [1.165, 1.54) is 12.1 Å². The summed E-state index contributed by atoms with van der Waals surface area (Å²) in [7, 11) is 0. The van der Waals surface area contributed by atoms with Crippen molar-refractivity contribution in [3.63, 3.8) is 0 Å². The van der Waals surface area contributed by atoms with Crippen LogP contribution < -0.4 is 0 Å². The number of benzene rings is 2. The van der Waals surface area contributed by atoms with Crippen molar-refractivity contribution in [3.05, 3.63) is 52.0 Å². The second kappa shape index (κ2) is 5.04. The highest BCUT2D eigenvalue weighted by Gasteiger charge is 2.17. The Morgan fingerprint density at radius 2 is 2.00 bits per heavy atom. The summed E-state index contributed by atoms with van der Waals surface area (Å²) in [6, 6.07) is 12.0. The minimum atomic E-state index is -1.16. The van der Waals surface area contributed by atoms with Crippen molar-refractivity contribution in [2.75, 3.05) is 0 Å². The number of rotatable bonds is 2. The van der Waals surface area contributed by atoms with Crippen LogP contribution in [-0.4, -0.2) is 16.1 Å². The molecule has 0 unspecified atom stereocenters. The number of carboxylic acids is 1. The highest BCUT2D eigenvalue weighted by atomic mass is 79.9. The number of aromatic carboxylic acids is 1. The molecule has 0 aliphatic carbocycles. The van der Waals surface area contributed by atoms with Crippen molar-refractivity contribution in [2.24, 2.45) is 0 Å². The summed E-state index contributed by atoms with van der Waals surface area (Å²) in [5.74, 6) is -0.842. The number of hydrogen-bond acceptors (Lipinski definition) is 4. The SMILES string of the molecule is N#Cc1cc(C(=O)O)c2oc(-c3ccc(Br)cc3)nc2c1. The number of carboxylic acid groups (broad SMARTS) is 1. The normalized spacial score (nSPS) is 10.5. The molecule has 0 radical (unpaired) electrons. The first kappa shape index (κ1) is 13.3. The van der Waals surface area contributed by atoms with Crippen molar-refractivity contribution in [1.82, 2.24) is 4.98 Å². The monoisotopic (exact) mass is 342 g/mol. The number of nitrogens with zero attached hydrogens (tertiary/aromatic N) is 2. The van der Waals surface area contributed by atoms with E-state index < -0.39 is 5.97 Å². The Hall–Kier alpha value is -2.65. The molecule has 0 fully saturated rings. The van der Waals surface area contributed by atoms with Crippen molar-refractivity contribution in [1.29, 1.82) is 5.26 Å². The van der Waals surface area contributed by atoms with Crippen LogP contribution in [0.15, 0.2) is 45.3 Å². The number of nitriles is 1. The van der Waals surface area contributed by atoms with Crippen molar-refractivity contribution < 1.29 is 14.3 Å². The third-order valence-electron chi connectivity index (χ3n) is 2.94. The maximum absolute atomic E-state index is 11.3. The molecule has 0 saturated carbocycles. The minimum absolute atomic E-state index is 0.0695. The highest BCUT2D eigenvalue weighted by Crippen LogP contribution is 2.28. The third kappa shape index (κ3) is 2.39. The van der Waals surface area contributed by atoms with Gasteiger partial charge in [-0.2, -0.15) is 5.26 Å². The fraction of sp³-hybridized carbons (Fsp3) is 0. The lowest BCUT2D eigenvalue weighted by molar-refractivity contribution is 0.0698. The summed E-state index contributed by atoms with van der Waals surface area (Å²) < 4.78 is 6.49. The van der Waals surface area contributed by atoms with Crippen molar-refractivity contribution in [3.8, 4) is 17.5 Å². The molecule has 0 amide bonds. The third-order valence-corrected chi connectivity index (χ3v) is 3.47. The molecule has 2 aromatic carbocycles. The topological polar surface area (TPSA) is 87.1 Å². The molecule has 0 aliphatic heterocycles. The first-order chi connectivity index (χ1) is 10.1.